The van der Waals surface area contributed by atoms with Gasteiger partial charge < -0.3 is 10.1 Å². The van der Waals surface area contributed by atoms with Gasteiger partial charge in [-0.15, -0.1) is 0 Å². The van der Waals surface area contributed by atoms with Crippen LogP contribution in [0.1, 0.15) is 23.0 Å². The Balaban J connectivity index is 1.72. The van der Waals surface area contributed by atoms with Crippen molar-refractivity contribution in [2.75, 3.05) is 18.5 Å². The van der Waals surface area contributed by atoms with Crippen LogP contribution in [-0.4, -0.2) is 38.7 Å². The molecule has 1 N–H and O–H groups in total. The van der Waals surface area contributed by atoms with E-state index in [1.807, 2.05) is 0 Å². The van der Waals surface area contributed by atoms with Crippen LogP contribution in [-0.2, 0) is 11.8 Å². The summed E-state index contributed by atoms with van der Waals surface area (Å²) >= 11 is 0. The van der Waals surface area contributed by atoms with Crippen molar-refractivity contribution in [2.45, 2.75) is 12.5 Å². The molecule has 2 aromatic rings. The number of ether oxygens (including phenoxy) is 1. The van der Waals surface area contributed by atoms with E-state index in [4.69, 9.17) is 4.74 Å². The maximum atomic E-state index is 12.1. The maximum absolute atomic E-state index is 12.1. The Bertz CT molecular complexity index is 715. The van der Waals surface area contributed by atoms with E-state index in [1.165, 1.54) is 19.2 Å². The van der Waals surface area contributed by atoms with Crippen molar-refractivity contribution in [1.82, 2.24) is 19.6 Å². The normalized spacial score (nSPS) is 17.9. The molecule has 0 bridgehead atoms. The molecule has 0 unspecified atom stereocenters. The minimum Gasteiger partial charge on any atom is -0.379 e. The van der Waals surface area contributed by atoms with Crippen molar-refractivity contribution in [1.29, 1.82) is 0 Å². The number of amides is 1. The van der Waals surface area contributed by atoms with E-state index < -0.39 is 0 Å². The van der Waals surface area contributed by atoms with Crippen molar-refractivity contribution >= 4 is 11.6 Å². The summed E-state index contributed by atoms with van der Waals surface area (Å²) in [5.41, 5.74) is 0.497. The van der Waals surface area contributed by atoms with Crippen molar-refractivity contribution in [2.24, 2.45) is 7.05 Å². The highest BCUT2D eigenvalue weighted by molar-refractivity contribution is 6.02. The molecule has 0 saturated carbocycles. The third kappa shape index (κ3) is 2.84. The van der Waals surface area contributed by atoms with E-state index in [2.05, 4.69) is 15.5 Å². The second-order valence-corrected chi connectivity index (χ2v) is 4.86. The smallest absolute Gasteiger partial charge is 0.276 e. The van der Waals surface area contributed by atoms with Crippen LogP contribution < -0.4 is 10.9 Å². The summed E-state index contributed by atoms with van der Waals surface area (Å²) in [4.78, 5) is 23.3. The Morgan fingerprint density at radius 2 is 2.33 bits per heavy atom. The number of nitrogens with one attached hydrogen (secondary N) is 1. The number of nitrogens with zero attached hydrogens (tertiary/aromatic N) is 4. The minimum absolute atomic E-state index is 0.175. The Labute approximate surface area is 120 Å². The average Bonchev–Trinajstić information content (AvgIpc) is 3.12. The highest BCUT2D eigenvalue weighted by Crippen LogP contribution is 2.19. The van der Waals surface area contributed by atoms with Crippen LogP contribution >= 0.6 is 0 Å². The van der Waals surface area contributed by atoms with Gasteiger partial charge in [-0.2, -0.15) is 10.2 Å². The number of aryl methyl sites for hydroxylation is 1. The van der Waals surface area contributed by atoms with Crippen LogP contribution in [0.4, 0.5) is 5.69 Å². The van der Waals surface area contributed by atoms with Crippen LogP contribution in [0.2, 0.25) is 0 Å². The first-order chi connectivity index (χ1) is 10.1. The van der Waals surface area contributed by atoms with Gasteiger partial charge in [-0.3, -0.25) is 14.3 Å². The second kappa shape index (κ2) is 5.49. The van der Waals surface area contributed by atoms with Crippen LogP contribution in [0.3, 0.4) is 0 Å². The molecule has 0 aliphatic carbocycles. The molecule has 8 heteroatoms. The lowest BCUT2D eigenvalue weighted by atomic mass is 10.3. The topological polar surface area (TPSA) is 91.0 Å². The molecule has 1 aliphatic heterocycles. The predicted molar refractivity (Wildman–Crippen MR) is 74.1 cm³/mol. The first-order valence-corrected chi connectivity index (χ1v) is 6.61. The van der Waals surface area contributed by atoms with Crippen molar-refractivity contribution in [3.63, 3.8) is 0 Å². The van der Waals surface area contributed by atoms with Gasteiger partial charge in [-0.05, 0) is 12.5 Å². The molecule has 110 valence electrons. The Morgan fingerprint density at radius 1 is 1.48 bits per heavy atom. The molecule has 8 nitrogen and oxygen atoms in total. The molecule has 3 rings (SSSR count). The Morgan fingerprint density at radius 3 is 3.05 bits per heavy atom. The van der Waals surface area contributed by atoms with Crippen LogP contribution in [0.15, 0.2) is 29.3 Å². The zero-order valence-corrected chi connectivity index (χ0v) is 11.5. The summed E-state index contributed by atoms with van der Waals surface area (Å²) in [6.45, 7) is 1.37. The number of carbonyl (C=O) groups excluding carboxylic acids is 1. The molecule has 0 aromatic carbocycles. The van der Waals surface area contributed by atoms with E-state index in [0.29, 0.717) is 12.3 Å². The third-order valence-electron chi connectivity index (χ3n) is 3.33. The van der Waals surface area contributed by atoms with Gasteiger partial charge in [0.1, 0.15) is 5.69 Å². The number of hydrogen-bond acceptors (Lipinski definition) is 5. The molecule has 3 heterocycles. The van der Waals surface area contributed by atoms with Gasteiger partial charge in [0.05, 0.1) is 24.5 Å². The minimum atomic E-state index is -0.382. The molecule has 0 radical (unpaired) electrons. The van der Waals surface area contributed by atoms with Crippen molar-refractivity contribution < 1.29 is 9.53 Å². The lowest BCUT2D eigenvalue weighted by molar-refractivity contribution is 0.102. The van der Waals surface area contributed by atoms with Crippen molar-refractivity contribution in [3.8, 4) is 0 Å². The van der Waals surface area contributed by atoms with E-state index in [0.717, 1.165) is 17.7 Å². The van der Waals surface area contributed by atoms with Crippen LogP contribution in [0.25, 0.3) is 0 Å². The Hall–Kier alpha value is -2.48. The summed E-state index contributed by atoms with van der Waals surface area (Å²) in [5.74, 6) is -0.382. The number of hydrogen-bond donors (Lipinski definition) is 1. The average molecular weight is 289 g/mol. The molecule has 1 amide bonds. The molecule has 1 atom stereocenters. The second-order valence-electron chi connectivity index (χ2n) is 4.86. The first-order valence-electron chi connectivity index (χ1n) is 6.61. The molecule has 1 fully saturated rings. The molecule has 2 aromatic heterocycles. The van der Waals surface area contributed by atoms with Gasteiger partial charge in [0, 0.05) is 25.9 Å². The molecule has 1 saturated heterocycles. The van der Waals surface area contributed by atoms with Gasteiger partial charge in [0.2, 0.25) is 0 Å². The van der Waals surface area contributed by atoms with Crippen LogP contribution in [0.5, 0.6) is 0 Å². The summed E-state index contributed by atoms with van der Waals surface area (Å²) in [7, 11) is 1.50. The fourth-order valence-electron chi connectivity index (χ4n) is 2.15. The zero-order chi connectivity index (χ0) is 14.8. The van der Waals surface area contributed by atoms with Gasteiger partial charge >= 0.3 is 0 Å². The number of aromatic nitrogens is 4. The lowest BCUT2D eigenvalue weighted by Crippen LogP contribution is -2.23. The molecule has 21 heavy (non-hydrogen) atoms. The molecular formula is C13H15N5O3. The fraction of sp³-hybridized carbons (Fsp3) is 0.385. The Kier molecular flexibility index (Phi) is 3.53. The largest absolute Gasteiger partial charge is 0.379 e. The molecule has 0 spiro atoms. The third-order valence-corrected chi connectivity index (χ3v) is 3.33. The number of anilines is 1. The fourth-order valence-corrected chi connectivity index (χ4v) is 2.15. The van der Waals surface area contributed by atoms with Crippen molar-refractivity contribution in [3.05, 3.63) is 40.6 Å². The van der Waals surface area contributed by atoms with Gasteiger partial charge in [0.25, 0.3) is 11.5 Å². The van der Waals surface area contributed by atoms with Gasteiger partial charge in [0.15, 0.2) is 0 Å². The summed E-state index contributed by atoms with van der Waals surface area (Å²) in [6.07, 6.45) is 4.26. The summed E-state index contributed by atoms with van der Waals surface area (Å²) in [5, 5.41) is 10.8. The predicted octanol–water partition coefficient (Wildman–Crippen LogP) is 0.190. The van der Waals surface area contributed by atoms with E-state index in [9.17, 15) is 9.59 Å². The molecular weight excluding hydrogens is 274 g/mol. The van der Waals surface area contributed by atoms with Gasteiger partial charge in [-0.25, -0.2) is 4.68 Å². The van der Waals surface area contributed by atoms with Gasteiger partial charge in [-0.1, -0.05) is 0 Å². The highest BCUT2D eigenvalue weighted by Gasteiger charge is 2.19. The molecule has 1 aliphatic rings. The number of rotatable bonds is 3. The zero-order valence-electron chi connectivity index (χ0n) is 11.5. The lowest BCUT2D eigenvalue weighted by Gasteiger charge is -2.07. The standard InChI is InChI=1S/C13H15N5O3/c1-17-12(19)3-2-11(16-17)13(20)15-9-6-14-18(7-9)10-4-5-21-8-10/h2-3,6-7,10H,4-5,8H2,1H3,(H,15,20)/t10-/m1/s1. The number of carbonyl (C=O) groups is 1. The highest BCUT2D eigenvalue weighted by atomic mass is 16.5. The van der Waals surface area contributed by atoms with Crippen LogP contribution in [0, 0.1) is 0 Å². The summed E-state index contributed by atoms with van der Waals surface area (Å²) < 4.78 is 8.21. The van der Waals surface area contributed by atoms with E-state index in [1.54, 1.807) is 17.1 Å². The summed E-state index contributed by atoms with van der Waals surface area (Å²) in [6, 6.07) is 2.92. The first kappa shape index (κ1) is 13.5. The van der Waals surface area contributed by atoms with E-state index >= 15 is 0 Å². The monoisotopic (exact) mass is 289 g/mol. The quantitative estimate of drug-likeness (QED) is 0.871. The van der Waals surface area contributed by atoms with E-state index in [-0.39, 0.29) is 23.2 Å². The SMILES string of the molecule is Cn1nc(C(=O)Nc2cnn([C@@H]3CCOC3)c2)ccc1=O. The maximum Gasteiger partial charge on any atom is 0.276 e.